The second-order valence-electron chi connectivity index (χ2n) is 6.38. The second kappa shape index (κ2) is 6.99. The van der Waals surface area contributed by atoms with E-state index in [2.05, 4.69) is 4.98 Å². The Morgan fingerprint density at radius 1 is 1.44 bits per heavy atom. The van der Waals surface area contributed by atoms with E-state index in [4.69, 9.17) is 0 Å². The highest BCUT2D eigenvalue weighted by atomic mass is 32.2. The Morgan fingerprint density at radius 2 is 2.16 bits per heavy atom. The van der Waals surface area contributed by atoms with Gasteiger partial charge < -0.3 is 9.47 Å². The van der Waals surface area contributed by atoms with Gasteiger partial charge in [-0.15, -0.1) is 0 Å². The molecule has 0 spiro atoms. The molecule has 6 nitrogen and oxygen atoms in total. The molecule has 1 aromatic carbocycles. The van der Waals surface area contributed by atoms with Crippen molar-refractivity contribution in [3.8, 4) is 0 Å². The molecule has 0 unspecified atom stereocenters. The SMILES string of the molecule is CCN(C(=O)[C@H](C)Sc1nc2ccccc2n1C)[C@@H]1CCS(=O)(=O)C1. The molecule has 0 radical (unpaired) electrons. The lowest BCUT2D eigenvalue weighted by Gasteiger charge is -2.29. The van der Waals surface area contributed by atoms with Gasteiger partial charge in [0.15, 0.2) is 15.0 Å². The number of hydrogen-bond donors (Lipinski definition) is 0. The quantitative estimate of drug-likeness (QED) is 0.742. The van der Waals surface area contributed by atoms with Crippen LogP contribution in [0.2, 0.25) is 0 Å². The zero-order chi connectivity index (χ0) is 18.2. The number of benzene rings is 1. The Morgan fingerprint density at radius 3 is 2.76 bits per heavy atom. The van der Waals surface area contributed by atoms with Gasteiger partial charge in [0.2, 0.25) is 5.91 Å². The number of amides is 1. The minimum absolute atomic E-state index is 0.0262. The van der Waals surface area contributed by atoms with Crippen LogP contribution in [-0.2, 0) is 21.7 Å². The van der Waals surface area contributed by atoms with Gasteiger partial charge in [-0.3, -0.25) is 4.79 Å². The van der Waals surface area contributed by atoms with Crippen LogP contribution in [0.3, 0.4) is 0 Å². The number of nitrogens with zero attached hydrogens (tertiary/aromatic N) is 3. The van der Waals surface area contributed by atoms with Crippen molar-refractivity contribution in [2.45, 2.75) is 36.7 Å². The number of hydrogen-bond acceptors (Lipinski definition) is 5. The van der Waals surface area contributed by atoms with Crippen LogP contribution in [0.5, 0.6) is 0 Å². The summed E-state index contributed by atoms with van der Waals surface area (Å²) in [5.41, 5.74) is 1.93. The topological polar surface area (TPSA) is 72.3 Å². The first-order valence-corrected chi connectivity index (χ1v) is 11.1. The zero-order valence-electron chi connectivity index (χ0n) is 14.7. The molecular weight excluding hydrogens is 358 g/mol. The molecule has 0 N–H and O–H groups in total. The fourth-order valence-electron chi connectivity index (χ4n) is 3.29. The molecular formula is C17H23N3O3S2. The standard InChI is InChI=1S/C17H23N3O3S2/c1-4-20(13-9-10-25(22,23)11-13)16(21)12(2)24-17-18-14-7-5-6-8-15(14)19(17)3/h5-8,12-13H,4,9-11H2,1-3H3/t12-,13+/m0/s1. The summed E-state index contributed by atoms with van der Waals surface area (Å²) < 4.78 is 25.5. The van der Waals surface area contributed by atoms with E-state index in [1.807, 2.05) is 49.7 Å². The van der Waals surface area contributed by atoms with Crippen LogP contribution in [0.25, 0.3) is 11.0 Å². The molecule has 1 aromatic heterocycles. The smallest absolute Gasteiger partial charge is 0.236 e. The summed E-state index contributed by atoms with van der Waals surface area (Å²) >= 11 is 1.42. The van der Waals surface area contributed by atoms with Gasteiger partial charge in [-0.1, -0.05) is 23.9 Å². The van der Waals surface area contributed by atoms with Crippen LogP contribution in [0, 0.1) is 0 Å². The molecule has 25 heavy (non-hydrogen) atoms. The van der Waals surface area contributed by atoms with Crippen LogP contribution < -0.4 is 0 Å². The summed E-state index contributed by atoms with van der Waals surface area (Å²) in [7, 11) is -1.07. The van der Waals surface area contributed by atoms with Crippen molar-refractivity contribution in [3.63, 3.8) is 0 Å². The lowest BCUT2D eigenvalue weighted by Crippen LogP contribution is -2.44. The maximum absolute atomic E-state index is 12.9. The fourth-order valence-corrected chi connectivity index (χ4v) is 5.98. The Kier molecular flexibility index (Phi) is 5.11. The van der Waals surface area contributed by atoms with Crippen molar-refractivity contribution >= 4 is 38.5 Å². The Hall–Kier alpha value is -1.54. The van der Waals surface area contributed by atoms with E-state index in [0.717, 1.165) is 16.2 Å². The normalized spacial score (nSPS) is 20.7. The number of aromatic nitrogens is 2. The number of thioether (sulfide) groups is 1. The molecule has 0 aliphatic carbocycles. The summed E-state index contributed by atoms with van der Waals surface area (Å²) in [5, 5.41) is 0.468. The van der Waals surface area contributed by atoms with Gasteiger partial charge in [0.05, 0.1) is 27.8 Å². The van der Waals surface area contributed by atoms with E-state index in [1.165, 1.54) is 11.8 Å². The third-order valence-electron chi connectivity index (χ3n) is 4.65. The lowest BCUT2D eigenvalue weighted by atomic mass is 10.2. The third-order valence-corrected chi connectivity index (χ3v) is 7.53. The van der Waals surface area contributed by atoms with Gasteiger partial charge in [-0.05, 0) is 32.4 Å². The molecule has 2 aromatic rings. The molecule has 136 valence electrons. The van der Waals surface area contributed by atoms with Gasteiger partial charge in [-0.2, -0.15) is 0 Å². The van der Waals surface area contributed by atoms with Gasteiger partial charge >= 0.3 is 0 Å². The number of fused-ring (bicyclic) bond motifs is 1. The van der Waals surface area contributed by atoms with E-state index in [1.54, 1.807) is 4.90 Å². The van der Waals surface area contributed by atoms with Crippen LogP contribution in [-0.4, -0.2) is 58.1 Å². The summed E-state index contributed by atoms with van der Waals surface area (Å²) in [6.07, 6.45) is 0.533. The highest BCUT2D eigenvalue weighted by molar-refractivity contribution is 8.00. The number of rotatable bonds is 5. The van der Waals surface area contributed by atoms with E-state index >= 15 is 0 Å². The summed E-state index contributed by atoms with van der Waals surface area (Å²) in [5.74, 6) is 0.228. The predicted octanol–water partition coefficient (Wildman–Crippen LogP) is 2.09. The number of carbonyl (C=O) groups excluding carboxylic acids is 1. The maximum Gasteiger partial charge on any atom is 0.236 e. The van der Waals surface area contributed by atoms with E-state index in [9.17, 15) is 13.2 Å². The molecule has 0 bridgehead atoms. The molecule has 3 rings (SSSR count). The van der Waals surface area contributed by atoms with Crippen molar-refractivity contribution in [2.24, 2.45) is 7.05 Å². The van der Waals surface area contributed by atoms with Crippen molar-refractivity contribution in [1.82, 2.24) is 14.5 Å². The maximum atomic E-state index is 12.9. The zero-order valence-corrected chi connectivity index (χ0v) is 16.3. The molecule has 2 heterocycles. The van der Waals surface area contributed by atoms with Crippen LogP contribution in [0.15, 0.2) is 29.4 Å². The number of para-hydroxylation sites is 2. The van der Waals surface area contributed by atoms with Crippen molar-refractivity contribution in [1.29, 1.82) is 0 Å². The fraction of sp³-hybridized carbons (Fsp3) is 0.529. The van der Waals surface area contributed by atoms with Crippen LogP contribution in [0.1, 0.15) is 20.3 Å². The highest BCUT2D eigenvalue weighted by Gasteiger charge is 2.35. The molecule has 1 saturated heterocycles. The van der Waals surface area contributed by atoms with E-state index < -0.39 is 9.84 Å². The average molecular weight is 382 g/mol. The number of aryl methyl sites for hydroxylation is 1. The van der Waals surface area contributed by atoms with E-state index in [-0.39, 0.29) is 28.7 Å². The molecule has 1 amide bonds. The minimum Gasteiger partial charge on any atom is -0.338 e. The second-order valence-corrected chi connectivity index (χ2v) is 9.92. The first-order valence-electron chi connectivity index (χ1n) is 8.41. The van der Waals surface area contributed by atoms with Crippen molar-refractivity contribution in [3.05, 3.63) is 24.3 Å². The number of imidazole rings is 1. The van der Waals surface area contributed by atoms with Gasteiger partial charge in [0.1, 0.15) is 0 Å². The van der Waals surface area contributed by atoms with Crippen molar-refractivity contribution in [2.75, 3.05) is 18.1 Å². The molecule has 1 aliphatic rings. The Balaban J connectivity index is 1.76. The highest BCUT2D eigenvalue weighted by Crippen LogP contribution is 2.28. The van der Waals surface area contributed by atoms with Crippen LogP contribution in [0.4, 0.5) is 0 Å². The van der Waals surface area contributed by atoms with Crippen molar-refractivity contribution < 1.29 is 13.2 Å². The molecule has 0 saturated carbocycles. The molecule has 1 fully saturated rings. The summed E-state index contributed by atoms with van der Waals surface area (Å²) in [6, 6.07) is 7.66. The first kappa shape index (κ1) is 18.3. The minimum atomic E-state index is -3.01. The average Bonchev–Trinajstić information content (AvgIpc) is 3.08. The van der Waals surface area contributed by atoms with Gasteiger partial charge in [-0.25, -0.2) is 13.4 Å². The predicted molar refractivity (Wildman–Crippen MR) is 100 cm³/mol. The summed E-state index contributed by atoms with van der Waals surface area (Å²) in [6.45, 7) is 4.28. The van der Waals surface area contributed by atoms with Gasteiger partial charge in [0, 0.05) is 19.6 Å². The molecule has 2 atom stereocenters. The first-order chi connectivity index (χ1) is 11.8. The largest absolute Gasteiger partial charge is 0.338 e. The molecule has 8 heteroatoms. The Bertz CT molecular complexity index is 892. The lowest BCUT2D eigenvalue weighted by molar-refractivity contribution is -0.131. The van der Waals surface area contributed by atoms with Gasteiger partial charge in [0.25, 0.3) is 0 Å². The van der Waals surface area contributed by atoms with E-state index in [0.29, 0.717) is 13.0 Å². The molecule has 1 aliphatic heterocycles. The monoisotopic (exact) mass is 381 g/mol. The third kappa shape index (κ3) is 3.69. The Labute approximate surface area is 152 Å². The number of sulfone groups is 1. The number of carbonyl (C=O) groups is 1. The summed E-state index contributed by atoms with van der Waals surface area (Å²) in [4.78, 5) is 19.2. The van der Waals surface area contributed by atoms with Crippen LogP contribution >= 0.6 is 11.8 Å².